The molecule has 4 rings (SSSR count). The van der Waals surface area contributed by atoms with Crippen molar-refractivity contribution in [3.63, 3.8) is 0 Å². The molecule has 0 atom stereocenters. The maximum absolute atomic E-state index is 13.3. The molecule has 0 aliphatic rings. The minimum Gasteiger partial charge on any atom is -0.437 e. The summed E-state index contributed by atoms with van der Waals surface area (Å²) in [5, 5.41) is 1.72. The van der Waals surface area contributed by atoms with E-state index in [1.807, 2.05) is 43.3 Å². The highest BCUT2D eigenvalue weighted by atomic mass is 19.1. The first-order valence-electron chi connectivity index (χ1n) is 6.64. The summed E-state index contributed by atoms with van der Waals surface area (Å²) in [4.78, 5) is 8.34. The van der Waals surface area contributed by atoms with Crippen LogP contribution in [0.15, 0.2) is 52.9 Å². The SMILES string of the molecule is Cc1cccc(-c2cccc3c2oc2nc(F)ccc23)n1. The number of nitrogens with zero attached hydrogens (tertiary/aromatic N) is 2. The maximum Gasteiger partial charge on any atom is 0.229 e. The average molecular weight is 278 g/mol. The number of rotatable bonds is 1. The third-order valence-electron chi connectivity index (χ3n) is 3.49. The van der Waals surface area contributed by atoms with Crippen LogP contribution in [0.3, 0.4) is 0 Å². The minimum absolute atomic E-state index is 0.310. The number of aromatic nitrogens is 2. The molecule has 0 fully saturated rings. The summed E-state index contributed by atoms with van der Waals surface area (Å²) in [6.07, 6.45) is 0. The van der Waals surface area contributed by atoms with Gasteiger partial charge >= 0.3 is 0 Å². The van der Waals surface area contributed by atoms with Crippen LogP contribution in [0.2, 0.25) is 0 Å². The molecule has 0 radical (unpaired) electrons. The van der Waals surface area contributed by atoms with Gasteiger partial charge in [0.2, 0.25) is 11.7 Å². The van der Waals surface area contributed by atoms with Crippen LogP contribution >= 0.6 is 0 Å². The molecule has 0 amide bonds. The first-order chi connectivity index (χ1) is 10.2. The Kier molecular flexibility index (Phi) is 2.51. The number of para-hydroxylation sites is 1. The van der Waals surface area contributed by atoms with Crippen LogP contribution < -0.4 is 0 Å². The van der Waals surface area contributed by atoms with Gasteiger partial charge in [0.1, 0.15) is 5.58 Å². The van der Waals surface area contributed by atoms with Gasteiger partial charge in [-0.3, -0.25) is 4.98 Å². The van der Waals surface area contributed by atoms with Gasteiger partial charge in [-0.25, -0.2) is 0 Å². The molecule has 0 bridgehead atoms. The van der Waals surface area contributed by atoms with E-state index in [-0.39, 0.29) is 0 Å². The minimum atomic E-state index is -0.545. The predicted molar refractivity (Wildman–Crippen MR) is 79.4 cm³/mol. The molecule has 4 heteroatoms. The highest BCUT2D eigenvalue weighted by Crippen LogP contribution is 2.34. The van der Waals surface area contributed by atoms with Gasteiger partial charge in [-0.1, -0.05) is 18.2 Å². The van der Waals surface area contributed by atoms with E-state index in [4.69, 9.17) is 4.42 Å². The van der Waals surface area contributed by atoms with Gasteiger partial charge in [0, 0.05) is 22.0 Å². The number of pyridine rings is 2. The third kappa shape index (κ3) is 1.88. The van der Waals surface area contributed by atoms with Gasteiger partial charge in [0.05, 0.1) is 5.69 Å². The zero-order valence-electron chi connectivity index (χ0n) is 11.3. The van der Waals surface area contributed by atoms with E-state index in [2.05, 4.69) is 9.97 Å². The highest BCUT2D eigenvalue weighted by molar-refractivity contribution is 6.08. The van der Waals surface area contributed by atoms with Crippen molar-refractivity contribution >= 4 is 22.1 Å². The summed E-state index contributed by atoms with van der Waals surface area (Å²) in [6.45, 7) is 1.94. The fourth-order valence-corrected chi connectivity index (χ4v) is 2.55. The fraction of sp³-hybridized carbons (Fsp3) is 0.0588. The molecule has 0 saturated carbocycles. The Hall–Kier alpha value is -2.75. The van der Waals surface area contributed by atoms with Crippen molar-refractivity contribution in [3.8, 4) is 11.3 Å². The Morgan fingerprint density at radius 1 is 0.905 bits per heavy atom. The van der Waals surface area contributed by atoms with Crippen LogP contribution in [0.5, 0.6) is 0 Å². The molecule has 0 unspecified atom stereocenters. The van der Waals surface area contributed by atoms with Crippen molar-refractivity contribution in [2.75, 3.05) is 0 Å². The van der Waals surface area contributed by atoms with E-state index in [1.54, 1.807) is 6.07 Å². The lowest BCUT2D eigenvalue weighted by Crippen LogP contribution is -1.86. The quantitative estimate of drug-likeness (QED) is 0.481. The molecule has 3 aromatic heterocycles. The number of benzene rings is 1. The van der Waals surface area contributed by atoms with Crippen molar-refractivity contribution in [3.05, 3.63) is 60.2 Å². The van der Waals surface area contributed by atoms with Crippen LogP contribution in [-0.4, -0.2) is 9.97 Å². The topological polar surface area (TPSA) is 38.9 Å². The van der Waals surface area contributed by atoms with E-state index in [1.165, 1.54) is 6.07 Å². The summed E-state index contributed by atoms with van der Waals surface area (Å²) < 4.78 is 19.0. The van der Waals surface area contributed by atoms with Crippen LogP contribution in [-0.2, 0) is 0 Å². The second-order valence-electron chi connectivity index (χ2n) is 4.94. The van der Waals surface area contributed by atoms with Crippen molar-refractivity contribution in [2.24, 2.45) is 0 Å². The smallest absolute Gasteiger partial charge is 0.229 e. The Morgan fingerprint density at radius 2 is 1.76 bits per heavy atom. The van der Waals surface area contributed by atoms with E-state index in [0.29, 0.717) is 11.3 Å². The standard InChI is InChI=1S/C17H11FN2O/c1-10-4-2-7-14(19-10)13-6-3-5-11-12-8-9-15(18)20-17(12)21-16(11)13/h2-9H,1H3. The van der Waals surface area contributed by atoms with Gasteiger partial charge < -0.3 is 4.42 Å². The lowest BCUT2D eigenvalue weighted by atomic mass is 10.1. The van der Waals surface area contributed by atoms with Crippen molar-refractivity contribution in [1.82, 2.24) is 9.97 Å². The number of fused-ring (bicyclic) bond motifs is 3. The van der Waals surface area contributed by atoms with Crippen molar-refractivity contribution in [1.29, 1.82) is 0 Å². The van der Waals surface area contributed by atoms with Crippen LogP contribution in [0, 0.1) is 12.9 Å². The molecule has 4 aromatic rings. The van der Waals surface area contributed by atoms with Gasteiger partial charge in [0.25, 0.3) is 0 Å². The number of aryl methyl sites for hydroxylation is 1. The van der Waals surface area contributed by atoms with Crippen LogP contribution in [0.4, 0.5) is 4.39 Å². The zero-order valence-corrected chi connectivity index (χ0v) is 11.3. The fourth-order valence-electron chi connectivity index (χ4n) is 2.55. The summed E-state index contributed by atoms with van der Waals surface area (Å²) >= 11 is 0. The number of hydrogen-bond donors (Lipinski definition) is 0. The highest BCUT2D eigenvalue weighted by Gasteiger charge is 2.14. The summed E-state index contributed by atoms with van der Waals surface area (Å²) in [6, 6.07) is 14.7. The normalized spacial score (nSPS) is 11.3. The summed E-state index contributed by atoms with van der Waals surface area (Å²) in [5.74, 6) is -0.545. The molecule has 102 valence electrons. The zero-order chi connectivity index (χ0) is 14.4. The predicted octanol–water partition coefficient (Wildman–Crippen LogP) is 4.49. The second kappa shape index (κ2) is 4.38. The Bertz CT molecular complexity index is 975. The summed E-state index contributed by atoms with van der Waals surface area (Å²) in [5.41, 5.74) is 3.65. The third-order valence-corrected chi connectivity index (χ3v) is 3.49. The molecule has 3 nitrogen and oxygen atoms in total. The molecule has 0 saturated heterocycles. The molecule has 0 aliphatic heterocycles. The Labute approximate surface area is 120 Å². The average Bonchev–Trinajstić information content (AvgIpc) is 2.84. The maximum atomic E-state index is 13.3. The lowest BCUT2D eigenvalue weighted by Gasteiger charge is -2.02. The lowest BCUT2D eigenvalue weighted by molar-refractivity contribution is 0.569. The van der Waals surface area contributed by atoms with E-state index < -0.39 is 5.95 Å². The number of halogens is 1. The first-order valence-corrected chi connectivity index (χ1v) is 6.64. The molecular weight excluding hydrogens is 267 g/mol. The molecule has 21 heavy (non-hydrogen) atoms. The van der Waals surface area contributed by atoms with Crippen molar-refractivity contribution < 1.29 is 8.81 Å². The van der Waals surface area contributed by atoms with Gasteiger partial charge in [-0.2, -0.15) is 9.37 Å². The molecule has 3 heterocycles. The molecule has 1 aromatic carbocycles. The number of furan rings is 1. The van der Waals surface area contributed by atoms with Gasteiger partial charge in [-0.05, 0) is 37.3 Å². The Balaban J connectivity index is 2.08. The van der Waals surface area contributed by atoms with Crippen LogP contribution in [0.25, 0.3) is 33.3 Å². The first kappa shape index (κ1) is 12.0. The molecule has 0 spiro atoms. The second-order valence-corrected chi connectivity index (χ2v) is 4.94. The largest absolute Gasteiger partial charge is 0.437 e. The number of hydrogen-bond acceptors (Lipinski definition) is 3. The molecular formula is C17H11FN2O. The molecule has 0 aliphatic carbocycles. The van der Waals surface area contributed by atoms with E-state index in [0.717, 1.165) is 27.7 Å². The van der Waals surface area contributed by atoms with Gasteiger partial charge in [-0.15, -0.1) is 0 Å². The van der Waals surface area contributed by atoms with Crippen molar-refractivity contribution in [2.45, 2.75) is 6.92 Å². The Morgan fingerprint density at radius 3 is 2.62 bits per heavy atom. The van der Waals surface area contributed by atoms with E-state index in [9.17, 15) is 4.39 Å². The monoisotopic (exact) mass is 278 g/mol. The van der Waals surface area contributed by atoms with Gasteiger partial charge in [0.15, 0.2) is 0 Å². The summed E-state index contributed by atoms with van der Waals surface area (Å²) in [7, 11) is 0. The molecule has 0 N–H and O–H groups in total. The van der Waals surface area contributed by atoms with E-state index >= 15 is 0 Å². The van der Waals surface area contributed by atoms with Crippen LogP contribution in [0.1, 0.15) is 5.69 Å².